The number of aryl methyl sites for hydroxylation is 1. The highest BCUT2D eigenvalue weighted by molar-refractivity contribution is 5.99. The lowest BCUT2D eigenvalue weighted by Crippen LogP contribution is -2.27. The van der Waals surface area contributed by atoms with E-state index in [1.807, 2.05) is 0 Å². The molecule has 0 unspecified atom stereocenters. The van der Waals surface area contributed by atoms with Crippen molar-refractivity contribution in [3.05, 3.63) is 60.1 Å². The van der Waals surface area contributed by atoms with Crippen molar-refractivity contribution in [1.82, 2.24) is 30.0 Å². The number of methoxy groups -OCH3 is 1. The third kappa shape index (κ3) is 6.18. The molecule has 14 nitrogen and oxygen atoms in total. The minimum Gasteiger partial charge on any atom is -0.495 e. The van der Waals surface area contributed by atoms with Crippen LogP contribution in [0.15, 0.2) is 43.4 Å². The summed E-state index contributed by atoms with van der Waals surface area (Å²) in [5.74, 6) is -0.573. The SMILES string of the molecule is C=CC(=O)N1CC[C@@H](n2cc(Nc3ncc(C(N)=O)c(Nc4c(C)cc(C(=O)NCCO)cc4OC)n3)cn2)C1. The Labute approximate surface area is 230 Å². The van der Waals surface area contributed by atoms with Crippen LogP contribution in [-0.2, 0) is 4.79 Å². The zero-order valence-electron chi connectivity index (χ0n) is 22.2. The Kier molecular flexibility index (Phi) is 8.59. The van der Waals surface area contributed by atoms with Gasteiger partial charge in [-0.15, -0.1) is 0 Å². The number of carbonyl (C=O) groups excluding carboxylic acids is 3. The third-order valence-electron chi connectivity index (χ3n) is 6.36. The van der Waals surface area contributed by atoms with Gasteiger partial charge in [-0.25, -0.2) is 4.98 Å². The van der Waals surface area contributed by atoms with E-state index in [-0.39, 0.29) is 48.3 Å². The molecule has 0 saturated carbocycles. The highest BCUT2D eigenvalue weighted by Crippen LogP contribution is 2.33. The van der Waals surface area contributed by atoms with Crippen molar-refractivity contribution in [2.45, 2.75) is 19.4 Å². The van der Waals surface area contributed by atoms with Crippen LogP contribution in [0.2, 0.25) is 0 Å². The molecule has 3 amide bonds. The number of hydrogen-bond donors (Lipinski definition) is 5. The molecule has 14 heteroatoms. The van der Waals surface area contributed by atoms with Gasteiger partial charge in [0.1, 0.15) is 17.1 Å². The molecule has 1 atom stereocenters. The molecule has 1 saturated heterocycles. The molecule has 2 aromatic heterocycles. The molecule has 0 aliphatic carbocycles. The van der Waals surface area contributed by atoms with E-state index in [0.717, 1.165) is 6.42 Å². The van der Waals surface area contributed by atoms with Crippen LogP contribution in [0, 0.1) is 6.92 Å². The maximum atomic E-state index is 12.4. The quantitative estimate of drug-likeness (QED) is 0.218. The standard InChI is InChI=1S/C26H31N9O5/c1-4-21(37)34-7-5-18(14-34)35-13-17(11-30-35)31-26-29-12-19(23(27)38)24(33-26)32-22-15(2)9-16(10-20(22)40-3)25(39)28-6-8-36/h4,9-13,18,36H,1,5-8,14H2,2-3H3,(H2,27,38)(H,28,39)(H2,29,31,32,33)/t18-/m1/s1. The Morgan fingerprint density at radius 1 is 1.27 bits per heavy atom. The van der Waals surface area contributed by atoms with Crippen LogP contribution < -0.4 is 26.4 Å². The number of nitrogens with one attached hydrogen (secondary N) is 3. The molecule has 3 heterocycles. The lowest BCUT2D eigenvalue weighted by atomic mass is 10.1. The summed E-state index contributed by atoms with van der Waals surface area (Å²) in [6, 6.07) is 3.20. The third-order valence-corrected chi connectivity index (χ3v) is 6.36. The molecule has 1 fully saturated rings. The van der Waals surface area contributed by atoms with Gasteiger partial charge in [0.05, 0.1) is 37.3 Å². The summed E-state index contributed by atoms with van der Waals surface area (Å²) in [4.78, 5) is 46.8. The Morgan fingerprint density at radius 3 is 2.77 bits per heavy atom. The molecule has 1 aliphatic heterocycles. The Bertz CT molecular complexity index is 1440. The molecule has 0 spiro atoms. The second-order valence-corrected chi connectivity index (χ2v) is 9.06. The number of ether oxygens (including phenoxy) is 1. The summed E-state index contributed by atoms with van der Waals surface area (Å²) in [6.07, 6.45) is 6.78. The summed E-state index contributed by atoms with van der Waals surface area (Å²) in [5, 5.41) is 22.1. The number of hydrogen-bond acceptors (Lipinski definition) is 10. The van der Waals surface area contributed by atoms with E-state index in [0.29, 0.717) is 41.3 Å². The monoisotopic (exact) mass is 549 g/mol. The molecule has 40 heavy (non-hydrogen) atoms. The molecule has 6 N–H and O–H groups in total. The van der Waals surface area contributed by atoms with E-state index in [1.54, 1.807) is 35.0 Å². The van der Waals surface area contributed by atoms with Crippen molar-refractivity contribution in [3.63, 3.8) is 0 Å². The molecular weight excluding hydrogens is 518 g/mol. The Morgan fingerprint density at radius 2 is 2.08 bits per heavy atom. The lowest BCUT2D eigenvalue weighted by molar-refractivity contribution is -0.125. The minimum absolute atomic E-state index is 0.0268. The maximum Gasteiger partial charge on any atom is 0.254 e. The van der Waals surface area contributed by atoms with Crippen LogP contribution in [0.4, 0.5) is 23.1 Å². The number of rotatable bonds is 11. The fourth-order valence-corrected chi connectivity index (χ4v) is 4.33. The predicted molar refractivity (Wildman–Crippen MR) is 147 cm³/mol. The van der Waals surface area contributed by atoms with E-state index >= 15 is 0 Å². The molecule has 1 aromatic carbocycles. The number of benzene rings is 1. The van der Waals surface area contributed by atoms with Crippen LogP contribution in [0.3, 0.4) is 0 Å². The normalized spacial score (nSPS) is 14.5. The Balaban J connectivity index is 1.56. The Hall–Kier alpha value is -4.98. The van der Waals surface area contributed by atoms with Gasteiger partial charge in [-0.2, -0.15) is 10.1 Å². The number of nitrogens with zero attached hydrogens (tertiary/aromatic N) is 5. The first kappa shape index (κ1) is 28.0. The summed E-state index contributed by atoms with van der Waals surface area (Å²) in [5.41, 5.74) is 7.68. The number of aromatic nitrogens is 4. The van der Waals surface area contributed by atoms with Crippen LogP contribution in [0.25, 0.3) is 0 Å². The summed E-state index contributed by atoms with van der Waals surface area (Å²) < 4.78 is 7.27. The first-order chi connectivity index (χ1) is 19.2. The minimum atomic E-state index is -0.738. The van der Waals surface area contributed by atoms with Gasteiger partial charge < -0.3 is 36.4 Å². The van der Waals surface area contributed by atoms with Crippen LogP contribution in [-0.4, -0.2) is 80.8 Å². The van der Waals surface area contributed by atoms with Gasteiger partial charge in [0, 0.05) is 37.6 Å². The molecule has 0 bridgehead atoms. The van der Waals surface area contributed by atoms with Crippen molar-refractivity contribution in [1.29, 1.82) is 0 Å². The fourth-order valence-electron chi connectivity index (χ4n) is 4.33. The lowest BCUT2D eigenvalue weighted by Gasteiger charge is -2.17. The molecule has 4 rings (SSSR count). The van der Waals surface area contributed by atoms with Crippen LogP contribution in [0.5, 0.6) is 5.75 Å². The zero-order chi connectivity index (χ0) is 28.8. The average Bonchev–Trinajstić information content (AvgIpc) is 3.62. The van der Waals surface area contributed by atoms with Gasteiger partial charge in [0.15, 0.2) is 0 Å². The first-order valence-electron chi connectivity index (χ1n) is 12.5. The number of anilines is 4. The van der Waals surface area contributed by atoms with Crippen molar-refractivity contribution < 1.29 is 24.2 Å². The van der Waals surface area contributed by atoms with Gasteiger partial charge >= 0.3 is 0 Å². The smallest absolute Gasteiger partial charge is 0.254 e. The van der Waals surface area contributed by atoms with Gasteiger partial charge in [-0.1, -0.05) is 6.58 Å². The topological polar surface area (TPSA) is 190 Å². The van der Waals surface area contributed by atoms with Gasteiger partial charge in [-0.3, -0.25) is 19.1 Å². The summed E-state index contributed by atoms with van der Waals surface area (Å²) in [6.45, 7) is 6.40. The van der Waals surface area contributed by atoms with Crippen LogP contribution in [0.1, 0.15) is 38.7 Å². The fraction of sp³-hybridized carbons (Fsp3) is 0.308. The summed E-state index contributed by atoms with van der Waals surface area (Å²) >= 11 is 0. The van der Waals surface area contributed by atoms with Gasteiger partial charge in [0.2, 0.25) is 11.9 Å². The highest BCUT2D eigenvalue weighted by Gasteiger charge is 2.27. The van der Waals surface area contributed by atoms with E-state index in [4.69, 9.17) is 15.6 Å². The van der Waals surface area contributed by atoms with Crippen LogP contribution >= 0.6 is 0 Å². The maximum absolute atomic E-state index is 12.4. The number of amides is 3. The molecule has 1 aliphatic rings. The van der Waals surface area contributed by atoms with Crippen molar-refractivity contribution in [3.8, 4) is 5.75 Å². The number of aliphatic hydroxyl groups excluding tert-OH is 1. The van der Waals surface area contributed by atoms with E-state index < -0.39 is 5.91 Å². The number of carbonyl (C=O) groups is 3. The second kappa shape index (κ2) is 12.3. The largest absolute Gasteiger partial charge is 0.495 e. The zero-order valence-corrected chi connectivity index (χ0v) is 22.2. The molecule has 3 aromatic rings. The number of aliphatic hydroxyl groups is 1. The first-order valence-corrected chi connectivity index (χ1v) is 12.5. The van der Waals surface area contributed by atoms with Crippen molar-refractivity contribution >= 4 is 40.9 Å². The van der Waals surface area contributed by atoms with E-state index in [2.05, 4.69) is 37.6 Å². The number of primary amides is 1. The molecule has 210 valence electrons. The predicted octanol–water partition coefficient (Wildman–Crippen LogP) is 1.26. The van der Waals surface area contributed by atoms with E-state index in [1.165, 1.54) is 25.4 Å². The van der Waals surface area contributed by atoms with Crippen molar-refractivity contribution in [2.24, 2.45) is 5.73 Å². The van der Waals surface area contributed by atoms with E-state index in [9.17, 15) is 14.4 Å². The average molecular weight is 550 g/mol. The van der Waals surface area contributed by atoms with Crippen molar-refractivity contribution in [2.75, 3.05) is 44.0 Å². The molecule has 0 radical (unpaired) electrons. The van der Waals surface area contributed by atoms with Gasteiger partial charge in [-0.05, 0) is 37.1 Å². The number of likely N-dealkylation sites (tertiary alicyclic amines) is 1. The molecular formula is C26H31N9O5. The summed E-state index contributed by atoms with van der Waals surface area (Å²) in [7, 11) is 1.45. The highest BCUT2D eigenvalue weighted by atomic mass is 16.5. The second-order valence-electron chi connectivity index (χ2n) is 9.06. The number of nitrogens with two attached hydrogens (primary N) is 1. The van der Waals surface area contributed by atoms with Gasteiger partial charge in [0.25, 0.3) is 11.8 Å².